The van der Waals surface area contributed by atoms with E-state index in [0.717, 1.165) is 17.3 Å². The molecule has 0 unspecified atom stereocenters. The largest absolute Gasteiger partial charge is 0.504 e. The summed E-state index contributed by atoms with van der Waals surface area (Å²) < 4.78 is 5.20. The first-order valence-electron chi connectivity index (χ1n) is 8.43. The lowest BCUT2D eigenvalue weighted by atomic mass is 10.1. The van der Waals surface area contributed by atoms with E-state index in [4.69, 9.17) is 16.3 Å². The van der Waals surface area contributed by atoms with Crippen molar-refractivity contribution in [2.75, 3.05) is 7.11 Å². The lowest BCUT2D eigenvalue weighted by Gasteiger charge is -2.12. The molecule has 1 aliphatic rings. The number of methoxy groups -OCH3 is 1. The Morgan fingerprint density at radius 1 is 1.25 bits per heavy atom. The van der Waals surface area contributed by atoms with E-state index in [2.05, 4.69) is 6.58 Å². The van der Waals surface area contributed by atoms with Crippen molar-refractivity contribution < 1.29 is 19.4 Å². The average molecular weight is 416 g/mol. The van der Waals surface area contributed by atoms with Gasteiger partial charge in [-0.3, -0.25) is 14.5 Å². The maximum absolute atomic E-state index is 12.7. The van der Waals surface area contributed by atoms with Gasteiger partial charge in [0.2, 0.25) is 0 Å². The predicted octanol–water partition coefficient (Wildman–Crippen LogP) is 5.02. The first-order chi connectivity index (χ1) is 13.4. The minimum Gasteiger partial charge on any atom is -0.504 e. The molecule has 1 heterocycles. The zero-order chi connectivity index (χ0) is 20.3. The minimum atomic E-state index is -0.359. The molecule has 1 aliphatic heterocycles. The molecule has 144 valence electrons. The molecule has 3 rings (SSSR count). The van der Waals surface area contributed by atoms with Gasteiger partial charge in [-0.15, -0.1) is 6.58 Å². The van der Waals surface area contributed by atoms with Crippen molar-refractivity contribution >= 4 is 40.6 Å². The Bertz CT molecular complexity index is 969. The van der Waals surface area contributed by atoms with Crippen LogP contribution >= 0.6 is 23.4 Å². The number of imide groups is 1. The molecular formula is C21H18ClNO4S. The molecule has 1 N–H and O–H groups in total. The van der Waals surface area contributed by atoms with Gasteiger partial charge in [-0.2, -0.15) is 0 Å². The second kappa shape index (κ2) is 8.54. The summed E-state index contributed by atoms with van der Waals surface area (Å²) in [4.78, 5) is 26.6. The summed E-state index contributed by atoms with van der Waals surface area (Å²) in [6.45, 7) is 3.86. The summed E-state index contributed by atoms with van der Waals surface area (Å²) in [5.41, 5.74) is 2.09. The summed E-state index contributed by atoms with van der Waals surface area (Å²) in [7, 11) is 1.45. The van der Waals surface area contributed by atoms with E-state index in [1.165, 1.54) is 12.0 Å². The van der Waals surface area contributed by atoms with Crippen LogP contribution in [0.4, 0.5) is 4.79 Å². The highest BCUT2D eigenvalue weighted by atomic mass is 35.5. The van der Waals surface area contributed by atoms with Crippen molar-refractivity contribution in [2.24, 2.45) is 0 Å². The third-order valence-electron chi connectivity index (χ3n) is 4.19. The Hall–Kier alpha value is -2.70. The fourth-order valence-electron chi connectivity index (χ4n) is 2.80. The minimum absolute atomic E-state index is 0.0374. The molecule has 0 spiro atoms. The van der Waals surface area contributed by atoms with Crippen LogP contribution in [0.2, 0.25) is 5.02 Å². The second-order valence-electron chi connectivity index (χ2n) is 6.12. The Morgan fingerprint density at radius 3 is 2.61 bits per heavy atom. The number of thioether (sulfide) groups is 1. The molecule has 2 amide bonds. The summed E-state index contributed by atoms with van der Waals surface area (Å²) >= 11 is 6.76. The van der Waals surface area contributed by atoms with Gasteiger partial charge in [0.05, 0.1) is 18.6 Å². The predicted molar refractivity (Wildman–Crippen MR) is 112 cm³/mol. The monoisotopic (exact) mass is 415 g/mol. The fourth-order valence-corrected chi connectivity index (χ4v) is 3.76. The summed E-state index contributed by atoms with van der Waals surface area (Å²) in [6, 6.07) is 10.4. The summed E-state index contributed by atoms with van der Waals surface area (Å²) in [5.74, 6) is -0.0244. The van der Waals surface area contributed by atoms with Gasteiger partial charge in [-0.1, -0.05) is 29.8 Å². The Balaban J connectivity index is 1.88. The number of carbonyl (C=O) groups is 2. The standard InChI is InChI=1S/C21H18ClNO4S/c1-3-4-15-9-14(10-17(27-2)19(15)24)11-18-20(25)23(21(26)28-18)12-13-5-7-16(22)8-6-13/h3,5-11,24H,1,4,12H2,2H3/b18-11-. The van der Waals surface area contributed by atoms with Crippen molar-refractivity contribution in [2.45, 2.75) is 13.0 Å². The van der Waals surface area contributed by atoms with Gasteiger partial charge in [-0.25, -0.2) is 0 Å². The number of hydrogen-bond donors (Lipinski definition) is 1. The highest BCUT2D eigenvalue weighted by Crippen LogP contribution is 2.36. The molecule has 1 saturated heterocycles. The van der Waals surface area contributed by atoms with E-state index in [1.54, 1.807) is 48.6 Å². The highest BCUT2D eigenvalue weighted by molar-refractivity contribution is 8.18. The van der Waals surface area contributed by atoms with Gasteiger partial charge in [0.1, 0.15) is 0 Å². The Labute approximate surface area is 172 Å². The smallest absolute Gasteiger partial charge is 0.293 e. The molecule has 0 saturated carbocycles. The third-order valence-corrected chi connectivity index (χ3v) is 5.35. The Kier molecular flexibility index (Phi) is 6.11. The van der Waals surface area contributed by atoms with E-state index in [1.807, 2.05) is 0 Å². The maximum Gasteiger partial charge on any atom is 0.293 e. The average Bonchev–Trinajstić information content (AvgIpc) is 2.93. The van der Waals surface area contributed by atoms with Crippen molar-refractivity contribution in [3.05, 3.63) is 75.7 Å². The van der Waals surface area contributed by atoms with Gasteiger partial charge in [-0.05, 0) is 59.7 Å². The summed E-state index contributed by atoms with van der Waals surface area (Å²) in [5, 5.41) is 10.4. The molecule has 2 aromatic rings. The fraction of sp³-hybridized carbons (Fsp3) is 0.143. The lowest BCUT2D eigenvalue weighted by Crippen LogP contribution is -2.27. The number of benzene rings is 2. The molecule has 0 atom stereocenters. The maximum atomic E-state index is 12.7. The second-order valence-corrected chi connectivity index (χ2v) is 7.55. The van der Waals surface area contributed by atoms with E-state index in [0.29, 0.717) is 33.2 Å². The molecule has 2 aromatic carbocycles. The first kappa shape index (κ1) is 20.0. The Morgan fingerprint density at radius 2 is 1.96 bits per heavy atom. The molecule has 7 heteroatoms. The van der Waals surface area contributed by atoms with Crippen LogP contribution in [0.25, 0.3) is 6.08 Å². The zero-order valence-electron chi connectivity index (χ0n) is 15.1. The van der Waals surface area contributed by atoms with Crippen LogP contribution in [0.3, 0.4) is 0 Å². The lowest BCUT2D eigenvalue weighted by molar-refractivity contribution is -0.123. The van der Waals surface area contributed by atoms with Crippen LogP contribution < -0.4 is 4.74 Å². The van der Waals surface area contributed by atoms with Crippen molar-refractivity contribution in [3.8, 4) is 11.5 Å². The molecular weight excluding hydrogens is 398 g/mol. The molecule has 0 bridgehead atoms. The third kappa shape index (κ3) is 4.24. The van der Waals surface area contributed by atoms with Crippen LogP contribution in [0.1, 0.15) is 16.7 Å². The topological polar surface area (TPSA) is 66.8 Å². The number of phenolic OH excluding ortho intramolecular Hbond substituents is 1. The molecule has 28 heavy (non-hydrogen) atoms. The van der Waals surface area contributed by atoms with Gasteiger partial charge in [0, 0.05) is 10.6 Å². The van der Waals surface area contributed by atoms with Crippen LogP contribution in [0.15, 0.2) is 54.0 Å². The van der Waals surface area contributed by atoms with E-state index in [-0.39, 0.29) is 23.4 Å². The number of phenols is 1. The molecule has 0 radical (unpaired) electrons. The number of rotatable bonds is 6. The van der Waals surface area contributed by atoms with Crippen molar-refractivity contribution in [1.82, 2.24) is 4.90 Å². The highest BCUT2D eigenvalue weighted by Gasteiger charge is 2.35. The first-order valence-corrected chi connectivity index (χ1v) is 9.63. The number of aromatic hydroxyl groups is 1. The molecule has 5 nitrogen and oxygen atoms in total. The van der Waals surface area contributed by atoms with Gasteiger partial charge in [0.15, 0.2) is 11.5 Å². The molecule has 0 aromatic heterocycles. The van der Waals surface area contributed by atoms with Crippen LogP contribution in [-0.4, -0.2) is 28.3 Å². The number of amides is 2. The normalized spacial score (nSPS) is 15.4. The number of nitrogens with zero attached hydrogens (tertiary/aromatic N) is 1. The molecule has 0 aliphatic carbocycles. The summed E-state index contributed by atoms with van der Waals surface area (Å²) in [6.07, 6.45) is 3.74. The van der Waals surface area contributed by atoms with Crippen LogP contribution in [0, 0.1) is 0 Å². The van der Waals surface area contributed by atoms with E-state index >= 15 is 0 Å². The van der Waals surface area contributed by atoms with Crippen LogP contribution in [0.5, 0.6) is 11.5 Å². The SMILES string of the molecule is C=CCc1cc(/C=C2\SC(=O)N(Cc3ccc(Cl)cc3)C2=O)cc(OC)c1O. The van der Waals surface area contributed by atoms with E-state index < -0.39 is 0 Å². The number of carbonyl (C=O) groups excluding carboxylic acids is 2. The molecule has 1 fully saturated rings. The van der Waals surface area contributed by atoms with Gasteiger partial charge < -0.3 is 9.84 Å². The van der Waals surface area contributed by atoms with Crippen LogP contribution in [-0.2, 0) is 17.8 Å². The number of allylic oxidation sites excluding steroid dienone is 1. The number of halogens is 1. The number of hydrogen-bond acceptors (Lipinski definition) is 5. The van der Waals surface area contributed by atoms with Gasteiger partial charge in [0.25, 0.3) is 11.1 Å². The number of ether oxygens (including phenoxy) is 1. The van der Waals surface area contributed by atoms with E-state index in [9.17, 15) is 14.7 Å². The van der Waals surface area contributed by atoms with Gasteiger partial charge >= 0.3 is 0 Å². The quantitative estimate of drug-likeness (QED) is 0.530. The van der Waals surface area contributed by atoms with Crippen molar-refractivity contribution in [3.63, 3.8) is 0 Å². The zero-order valence-corrected chi connectivity index (χ0v) is 16.7. The van der Waals surface area contributed by atoms with Crippen molar-refractivity contribution in [1.29, 1.82) is 0 Å².